The van der Waals surface area contributed by atoms with Gasteiger partial charge in [0, 0.05) is 0 Å². The van der Waals surface area contributed by atoms with E-state index in [1.165, 1.54) is 19.3 Å². The fourth-order valence-electron chi connectivity index (χ4n) is 0.354. The van der Waals surface area contributed by atoms with E-state index in [0.717, 1.165) is 0 Å². The lowest BCUT2D eigenvalue weighted by Gasteiger charge is -1.79. The van der Waals surface area contributed by atoms with Crippen molar-refractivity contribution in [3.63, 3.8) is 0 Å². The third kappa shape index (κ3) is 19.5. The van der Waals surface area contributed by atoms with Gasteiger partial charge in [0.15, 0.2) is 0 Å². The smallest absolute Gasteiger partial charge is 0.0538 e. The molecule has 0 aromatic carbocycles. The molecule has 0 aromatic heterocycles. The quantitative estimate of drug-likeness (QED) is 0.687. The molecule has 0 spiro atoms. The highest BCUT2D eigenvalue weighted by Gasteiger charge is 1.68. The summed E-state index contributed by atoms with van der Waals surface area (Å²) in [7, 11) is 0. The predicted octanol–water partition coefficient (Wildman–Crippen LogP) is 3.35. The van der Waals surface area contributed by atoms with Crippen LogP contribution >= 0.6 is 34.0 Å². The van der Waals surface area contributed by atoms with Gasteiger partial charge in [0.05, 0.1) is 0 Å². The topological polar surface area (TPSA) is 0 Å². The molecule has 0 heterocycles. The molecule has 0 aliphatic heterocycles. The lowest BCUT2D eigenvalue weighted by molar-refractivity contribution is 0.772. The minimum Gasteiger partial charge on any atom is -0.114 e. The lowest BCUT2D eigenvalue weighted by atomic mass is 10.3. The van der Waals surface area contributed by atoms with Crippen molar-refractivity contribution in [2.24, 2.45) is 0 Å². The van der Waals surface area contributed by atoms with Crippen LogP contribution in [0.2, 0.25) is 0 Å². The first-order valence-corrected chi connectivity index (χ1v) is 2.41. The van der Waals surface area contributed by atoms with E-state index in [0.29, 0.717) is 0 Å². The van der Waals surface area contributed by atoms with Crippen molar-refractivity contribution >= 4 is 34.0 Å². The monoisotopic (exact) mass is 232 g/mol. The van der Waals surface area contributed by atoms with Gasteiger partial charge in [-0.15, -0.1) is 34.0 Å². The number of rotatable bonds is 2. The van der Waals surface area contributed by atoms with Crippen LogP contribution < -0.4 is 0 Å². The Bertz CT molecular complexity index is 13.6. The minimum atomic E-state index is 0. The summed E-state index contributed by atoms with van der Waals surface area (Å²) in [6, 6.07) is 0. The molecule has 2 heteroatoms. The molecule has 0 radical (unpaired) electrons. The third-order valence-corrected chi connectivity index (χ3v) is 0.707. The van der Waals surface area contributed by atoms with Crippen molar-refractivity contribution in [3.05, 3.63) is 0 Å². The average molecular weight is 234 g/mol. The standard InChI is InChI=1S/C5H12.2BrH/c1-3-5-4-2;;/h3-5H2,1-2H3;2*1H. The zero-order valence-electron chi connectivity index (χ0n) is 4.94. The van der Waals surface area contributed by atoms with Gasteiger partial charge in [-0.2, -0.15) is 0 Å². The second-order valence-electron chi connectivity index (χ2n) is 1.35. The van der Waals surface area contributed by atoms with E-state index in [4.69, 9.17) is 0 Å². The molecule has 0 atom stereocenters. The van der Waals surface area contributed by atoms with Gasteiger partial charge >= 0.3 is 0 Å². The number of hydrogen-bond donors (Lipinski definition) is 0. The van der Waals surface area contributed by atoms with Crippen molar-refractivity contribution in [1.29, 1.82) is 0 Å². The van der Waals surface area contributed by atoms with Crippen LogP contribution in [0.4, 0.5) is 0 Å². The van der Waals surface area contributed by atoms with E-state index < -0.39 is 0 Å². The van der Waals surface area contributed by atoms with E-state index in [1.54, 1.807) is 0 Å². The summed E-state index contributed by atoms with van der Waals surface area (Å²) in [5, 5.41) is 0. The number of unbranched alkanes of at least 4 members (excludes halogenated alkanes) is 2. The maximum absolute atomic E-state index is 2.21. The third-order valence-electron chi connectivity index (χ3n) is 0.707. The maximum Gasteiger partial charge on any atom is -0.0538 e. The van der Waals surface area contributed by atoms with Crippen LogP contribution in [-0.4, -0.2) is 0 Å². The van der Waals surface area contributed by atoms with Crippen molar-refractivity contribution in [2.45, 2.75) is 33.1 Å². The molecule has 0 N–H and O–H groups in total. The molecule has 0 rings (SSSR count). The van der Waals surface area contributed by atoms with Crippen molar-refractivity contribution in [3.8, 4) is 0 Å². The fraction of sp³-hybridized carbons (Fsp3) is 1.00. The molecule has 0 fully saturated rings. The van der Waals surface area contributed by atoms with Crippen LogP contribution in [0, 0.1) is 0 Å². The maximum atomic E-state index is 2.21. The predicted molar refractivity (Wildman–Crippen MR) is 45.8 cm³/mol. The van der Waals surface area contributed by atoms with Gasteiger partial charge in [-0.05, 0) is 0 Å². The van der Waals surface area contributed by atoms with Gasteiger partial charge in [-0.1, -0.05) is 33.1 Å². The Hall–Kier alpha value is 0.960. The van der Waals surface area contributed by atoms with Gasteiger partial charge in [0.25, 0.3) is 0 Å². The molecule has 0 saturated heterocycles. The summed E-state index contributed by atoms with van der Waals surface area (Å²) >= 11 is 0. The molecule has 0 aromatic rings. The zero-order chi connectivity index (χ0) is 4.12. The fourth-order valence-corrected chi connectivity index (χ4v) is 0.354. The van der Waals surface area contributed by atoms with E-state index in [1.807, 2.05) is 0 Å². The van der Waals surface area contributed by atoms with Crippen molar-refractivity contribution in [1.82, 2.24) is 0 Å². The highest BCUT2D eigenvalue weighted by Crippen LogP contribution is 1.88. The van der Waals surface area contributed by atoms with E-state index in [9.17, 15) is 0 Å². The molecule has 0 aliphatic rings. The molecule has 0 nitrogen and oxygen atoms in total. The molecular formula is C5H14Br2. The lowest BCUT2D eigenvalue weighted by Crippen LogP contribution is -1.59. The molecule has 0 aliphatic carbocycles. The summed E-state index contributed by atoms with van der Waals surface area (Å²) in [5.41, 5.74) is 0. The number of halogens is 2. The van der Waals surface area contributed by atoms with Crippen molar-refractivity contribution < 1.29 is 0 Å². The van der Waals surface area contributed by atoms with Gasteiger partial charge in [0.2, 0.25) is 0 Å². The Morgan fingerprint density at radius 2 is 1.14 bits per heavy atom. The minimum absolute atomic E-state index is 0. The van der Waals surface area contributed by atoms with E-state index in [2.05, 4.69) is 13.8 Å². The van der Waals surface area contributed by atoms with Crippen LogP contribution in [-0.2, 0) is 0 Å². The summed E-state index contributed by atoms with van der Waals surface area (Å²) in [4.78, 5) is 0. The van der Waals surface area contributed by atoms with Gasteiger partial charge in [0.1, 0.15) is 0 Å². The van der Waals surface area contributed by atoms with E-state index in [-0.39, 0.29) is 34.0 Å². The molecule has 0 saturated carbocycles. The highest BCUT2D eigenvalue weighted by molar-refractivity contribution is 8.93. The largest absolute Gasteiger partial charge is 0.114 e. The summed E-state index contributed by atoms with van der Waals surface area (Å²) < 4.78 is 0. The molecule has 48 valence electrons. The van der Waals surface area contributed by atoms with Crippen LogP contribution in [0.3, 0.4) is 0 Å². The molecular weight excluding hydrogens is 220 g/mol. The Kier molecular flexibility index (Phi) is 35.3. The SMILES string of the molecule is Br.Br.CCCCC. The van der Waals surface area contributed by atoms with Crippen molar-refractivity contribution in [2.75, 3.05) is 0 Å². The van der Waals surface area contributed by atoms with E-state index >= 15 is 0 Å². The van der Waals surface area contributed by atoms with Crippen LogP contribution in [0.25, 0.3) is 0 Å². The van der Waals surface area contributed by atoms with Gasteiger partial charge in [-0.3, -0.25) is 0 Å². The second-order valence-corrected chi connectivity index (χ2v) is 1.35. The summed E-state index contributed by atoms with van der Waals surface area (Å²) in [6.45, 7) is 4.42. The normalized spacial score (nSPS) is 6.00. The first-order valence-electron chi connectivity index (χ1n) is 2.41. The van der Waals surface area contributed by atoms with Gasteiger partial charge in [-0.25, -0.2) is 0 Å². The molecule has 0 unspecified atom stereocenters. The Morgan fingerprint density at radius 1 is 0.857 bits per heavy atom. The Morgan fingerprint density at radius 3 is 1.14 bits per heavy atom. The van der Waals surface area contributed by atoms with Crippen LogP contribution in [0.15, 0.2) is 0 Å². The summed E-state index contributed by atoms with van der Waals surface area (Å²) in [6.07, 6.45) is 4.08. The molecule has 7 heavy (non-hydrogen) atoms. The Labute approximate surface area is 67.2 Å². The average Bonchev–Trinajstić information content (AvgIpc) is 1.41. The first kappa shape index (κ1) is 15.7. The van der Waals surface area contributed by atoms with Crippen LogP contribution in [0.1, 0.15) is 33.1 Å². The zero-order valence-corrected chi connectivity index (χ0v) is 8.36. The second kappa shape index (κ2) is 15.8. The first-order chi connectivity index (χ1) is 2.41. The summed E-state index contributed by atoms with van der Waals surface area (Å²) in [5.74, 6) is 0. The van der Waals surface area contributed by atoms with Gasteiger partial charge < -0.3 is 0 Å². The molecule has 0 bridgehead atoms. The molecule has 0 amide bonds. The van der Waals surface area contributed by atoms with Crippen LogP contribution in [0.5, 0.6) is 0 Å². The highest BCUT2D eigenvalue weighted by atomic mass is 79.9. The number of hydrogen-bond acceptors (Lipinski definition) is 0. The Balaban J connectivity index is -0.0000000800.